The summed E-state index contributed by atoms with van der Waals surface area (Å²) < 4.78 is 32.1. The molecule has 3 aromatic rings. The SMILES string of the molecule is CCN(CC)S(=O)(=O)c1ccc(SCc2ncc(-c3ccc(Cl)cc3)o2)nc1. The largest absolute Gasteiger partial charge is 0.440 e. The number of benzene rings is 1. The molecule has 2 aromatic heterocycles. The summed E-state index contributed by atoms with van der Waals surface area (Å²) in [6, 6.07) is 10.6. The number of nitrogens with zero attached hydrogens (tertiary/aromatic N) is 3. The molecule has 9 heteroatoms. The van der Waals surface area contributed by atoms with Gasteiger partial charge in [0.1, 0.15) is 4.90 Å². The second-order valence-electron chi connectivity index (χ2n) is 5.84. The smallest absolute Gasteiger partial charge is 0.244 e. The monoisotopic (exact) mass is 437 g/mol. The fourth-order valence-electron chi connectivity index (χ4n) is 2.58. The van der Waals surface area contributed by atoms with Crippen molar-refractivity contribution in [2.45, 2.75) is 29.5 Å². The molecule has 0 saturated heterocycles. The van der Waals surface area contributed by atoms with Crippen LogP contribution in [-0.2, 0) is 15.8 Å². The summed E-state index contributed by atoms with van der Waals surface area (Å²) in [7, 11) is -3.49. The van der Waals surface area contributed by atoms with Crippen LogP contribution in [0.4, 0.5) is 0 Å². The quantitative estimate of drug-likeness (QED) is 0.475. The Labute approximate surface area is 174 Å². The average Bonchev–Trinajstić information content (AvgIpc) is 3.17. The van der Waals surface area contributed by atoms with Crippen LogP contribution in [0.1, 0.15) is 19.7 Å². The van der Waals surface area contributed by atoms with Crippen LogP contribution in [0, 0.1) is 0 Å². The van der Waals surface area contributed by atoms with Gasteiger partial charge in [0.05, 0.1) is 17.0 Å². The topological polar surface area (TPSA) is 76.3 Å². The molecule has 0 fully saturated rings. The van der Waals surface area contributed by atoms with E-state index in [4.69, 9.17) is 16.0 Å². The van der Waals surface area contributed by atoms with E-state index in [9.17, 15) is 8.42 Å². The Balaban J connectivity index is 1.65. The highest BCUT2D eigenvalue weighted by Gasteiger charge is 2.21. The summed E-state index contributed by atoms with van der Waals surface area (Å²) in [5, 5.41) is 1.36. The fraction of sp³-hybridized carbons (Fsp3) is 0.263. The first-order chi connectivity index (χ1) is 13.4. The van der Waals surface area contributed by atoms with Crippen LogP contribution in [0.3, 0.4) is 0 Å². The molecule has 0 atom stereocenters. The van der Waals surface area contributed by atoms with Crippen LogP contribution in [0.25, 0.3) is 11.3 Å². The molecule has 0 amide bonds. The maximum absolute atomic E-state index is 12.5. The number of aromatic nitrogens is 2. The van der Waals surface area contributed by atoms with Gasteiger partial charge in [-0.1, -0.05) is 37.2 Å². The van der Waals surface area contributed by atoms with Crippen molar-refractivity contribution in [1.29, 1.82) is 0 Å². The Hall–Kier alpha value is -1.87. The van der Waals surface area contributed by atoms with Crippen molar-refractivity contribution >= 4 is 33.4 Å². The standard InChI is InChI=1S/C19H20ClN3O3S2/c1-3-23(4-2)28(24,25)16-9-10-19(22-11-16)27-13-18-21-12-17(26-18)14-5-7-15(20)8-6-14/h5-12H,3-4,13H2,1-2H3. The number of halogens is 1. The van der Waals surface area contributed by atoms with E-state index in [1.807, 2.05) is 26.0 Å². The van der Waals surface area contributed by atoms with Gasteiger partial charge in [0.25, 0.3) is 0 Å². The van der Waals surface area contributed by atoms with Crippen molar-refractivity contribution in [3.05, 3.63) is 59.7 Å². The molecule has 3 rings (SSSR count). The number of rotatable bonds is 8. The minimum absolute atomic E-state index is 0.196. The number of thioether (sulfide) groups is 1. The third kappa shape index (κ3) is 4.75. The third-order valence-corrected chi connectivity index (χ3v) is 7.29. The highest BCUT2D eigenvalue weighted by Crippen LogP contribution is 2.26. The second-order valence-corrected chi connectivity index (χ2v) is 9.21. The van der Waals surface area contributed by atoms with Crippen molar-refractivity contribution in [2.75, 3.05) is 13.1 Å². The molecule has 0 unspecified atom stereocenters. The molecule has 28 heavy (non-hydrogen) atoms. The summed E-state index contributed by atoms with van der Waals surface area (Å²) in [6.07, 6.45) is 3.07. The van der Waals surface area contributed by atoms with Crippen molar-refractivity contribution in [3.8, 4) is 11.3 Å². The van der Waals surface area contributed by atoms with Gasteiger partial charge in [-0.3, -0.25) is 0 Å². The lowest BCUT2D eigenvalue weighted by Crippen LogP contribution is -2.30. The predicted octanol–water partition coefficient (Wildman–Crippen LogP) is 4.71. The molecular weight excluding hydrogens is 418 g/mol. The Morgan fingerprint density at radius 2 is 1.75 bits per heavy atom. The Morgan fingerprint density at radius 3 is 2.36 bits per heavy atom. The van der Waals surface area contributed by atoms with Gasteiger partial charge in [0.2, 0.25) is 15.9 Å². The summed E-state index contributed by atoms with van der Waals surface area (Å²) in [5.41, 5.74) is 0.900. The van der Waals surface area contributed by atoms with Gasteiger partial charge in [0.15, 0.2) is 5.76 Å². The van der Waals surface area contributed by atoms with E-state index in [0.717, 1.165) is 5.56 Å². The predicted molar refractivity (Wildman–Crippen MR) is 111 cm³/mol. The molecule has 0 bridgehead atoms. The molecule has 148 valence electrons. The lowest BCUT2D eigenvalue weighted by atomic mass is 10.2. The van der Waals surface area contributed by atoms with E-state index in [1.54, 1.807) is 30.5 Å². The van der Waals surface area contributed by atoms with E-state index in [-0.39, 0.29) is 4.90 Å². The van der Waals surface area contributed by atoms with E-state index >= 15 is 0 Å². The van der Waals surface area contributed by atoms with Crippen molar-refractivity contribution < 1.29 is 12.8 Å². The van der Waals surface area contributed by atoms with Gasteiger partial charge in [0, 0.05) is 29.9 Å². The van der Waals surface area contributed by atoms with Gasteiger partial charge < -0.3 is 4.42 Å². The van der Waals surface area contributed by atoms with Crippen LogP contribution < -0.4 is 0 Å². The molecule has 2 heterocycles. The van der Waals surface area contributed by atoms with Crippen molar-refractivity contribution in [3.63, 3.8) is 0 Å². The molecule has 0 aliphatic rings. The number of oxazole rings is 1. The van der Waals surface area contributed by atoms with Gasteiger partial charge in [-0.15, -0.1) is 0 Å². The lowest BCUT2D eigenvalue weighted by molar-refractivity contribution is 0.445. The van der Waals surface area contributed by atoms with Crippen LogP contribution >= 0.6 is 23.4 Å². The number of hydrogen-bond acceptors (Lipinski definition) is 6. The van der Waals surface area contributed by atoms with Crippen molar-refractivity contribution in [1.82, 2.24) is 14.3 Å². The van der Waals surface area contributed by atoms with E-state index in [2.05, 4.69) is 9.97 Å². The average molecular weight is 438 g/mol. The number of sulfonamides is 1. The zero-order valence-electron chi connectivity index (χ0n) is 15.5. The number of pyridine rings is 1. The molecule has 1 aromatic carbocycles. The zero-order chi connectivity index (χ0) is 20.1. The zero-order valence-corrected chi connectivity index (χ0v) is 17.9. The van der Waals surface area contributed by atoms with Crippen LogP contribution in [0.5, 0.6) is 0 Å². The molecule has 0 radical (unpaired) electrons. The van der Waals surface area contributed by atoms with Gasteiger partial charge in [-0.05, 0) is 36.4 Å². The Kier molecular flexibility index (Phi) is 6.77. The Morgan fingerprint density at radius 1 is 1.04 bits per heavy atom. The summed E-state index contributed by atoms with van der Waals surface area (Å²) in [4.78, 5) is 8.74. The molecule has 0 spiro atoms. The minimum atomic E-state index is -3.49. The van der Waals surface area contributed by atoms with Gasteiger partial charge >= 0.3 is 0 Å². The highest BCUT2D eigenvalue weighted by molar-refractivity contribution is 7.98. The fourth-order valence-corrected chi connectivity index (χ4v) is 4.80. The van der Waals surface area contributed by atoms with Crippen LogP contribution in [0.15, 0.2) is 63.1 Å². The summed E-state index contributed by atoms with van der Waals surface area (Å²) in [5.74, 6) is 1.72. The molecule has 0 saturated carbocycles. The summed E-state index contributed by atoms with van der Waals surface area (Å²) >= 11 is 7.32. The first kappa shape index (κ1) is 20.9. The summed E-state index contributed by atoms with van der Waals surface area (Å²) in [6.45, 7) is 4.48. The third-order valence-electron chi connectivity index (χ3n) is 4.08. The lowest BCUT2D eigenvalue weighted by Gasteiger charge is -2.18. The normalized spacial score (nSPS) is 11.9. The van der Waals surface area contributed by atoms with Crippen molar-refractivity contribution in [2.24, 2.45) is 0 Å². The minimum Gasteiger partial charge on any atom is -0.440 e. The Bertz CT molecular complexity index is 1020. The maximum atomic E-state index is 12.5. The highest BCUT2D eigenvalue weighted by atomic mass is 35.5. The molecule has 0 aliphatic carbocycles. The molecule has 0 aliphatic heterocycles. The first-order valence-corrected chi connectivity index (χ1v) is 11.5. The van der Waals surface area contributed by atoms with E-state index in [1.165, 1.54) is 22.3 Å². The molecular formula is C19H20ClN3O3S2. The van der Waals surface area contributed by atoms with Gasteiger partial charge in [-0.25, -0.2) is 18.4 Å². The van der Waals surface area contributed by atoms with Crippen LogP contribution in [0.2, 0.25) is 5.02 Å². The second kappa shape index (κ2) is 9.09. The first-order valence-electron chi connectivity index (χ1n) is 8.73. The molecule has 0 N–H and O–H groups in total. The number of hydrogen-bond donors (Lipinski definition) is 0. The maximum Gasteiger partial charge on any atom is 0.244 e. The van der Waals surface area contributed by atoms with Gasteiger partial charge in [-0.2, -0.15) is 4.31 Å². The van der Waals surface area contributed by atoms with E-state index < -0.39 is 10.0 Å². The molecule has 6 nitrogen and oxygen atoms in total. The van der Waals surface area contributed by atoms with Crippen LogP contribution in [-0.4, -0.2) is 35.8 Å². The van der Waals surface area contributed by atoms with E-state index in [0.29, 0.717) is 40.5 Å².